The van der Waals surface area contributed by atoms with Crippen molar-refractivity contribution in [1.82, 2.24) is 9.80 Å². The van der Waals surface area contributed by atoms with Crippen LogP contribution < -0.4 is 5.32 Å². The molecule has 1 heterocycles. The Morgan fingerprint density at radius 2 is 1.92 bits per heavy atom. The van der Waals surface area contributed by atoms with Gasteiger partial charge in [0.2, 0.25) is 5.91 Å². The largest absolute Gasteiger partial charge is 0.450 e. The van der Waals surface area contributed by atoms with Gasteiger partial charge in [0, 0.05) is 36.3 Å². The number of halogens is 2. The molecule has 0 radical (unpaired) electrons. The van der Waals surface area contributed by atoms with Gasteiger partial charge in [0.15, 0.2) is 0 Å². The minimum atomic E-state index is -0.277. The van der Waals surface area contributed by atoms with E-state index >= 15 is 0 Å². The topological polar surface area (TPSA) is 61.9 Å². The number of amides is 2. The Morgan fingerprint density at radius 1 is 1.25 bits per heavy atom. The zero-order valence-electron chi connectivity index (χ0n) is 13.9. The smallest absolute Gasteiger partial charge is 0.409 e. The highest BCUT2D eigenvalue weighted by atomic mass is 79.9. The number of hydrogen-bond donors (Lipinski definition) is 1. The average molecular weight is 421 g/mol. The molecular weight excluding hydrogens is 398 g/mol. The number of piperazine rings is 1. The quantitative estimate of drug-likeness (QED) is 0.813. The molecule has 0 spiro atoms. The molecule has 1 aromatic rings. The Kier molecular flexibility index (Phi) is 8.52. The molecule has 0 saturated carbocycles. The van der Waals surface area contributed by atoms with Crippen molar-refractivity contribution < 1.29 is 14.3 Å². The first-order valence-electron chi connectivity index (χ1n) is 7.69. The summed E-state index contributed by atoms with van der Waals surface area (Å²) in [7, 11) is 0. The van der Waals surface area contributed by atoms with Crippen molar-refractivity contribution >= 4 is 46.0 Å². The molecule has 1 aromatic carbocycles. The van der Waals surface area contributed by atoms with E-state index in [0.717, 1.165) is 15.7 Å². The normalized spacial score (nSPS) is 14.7. The first-order chi connectivity index (χ1) is 11.0. The fraction of sp³-hybridized carbons (Fsp3) is 0.500. The lowest BCUT2D eigenvalue weighted by Gasteiger charge is -2.33. The van der Waals surface area contributed by atoms with Crippen LogP contribution in [0.4, 0.5) is 10.5 Å². The average Bonchev–Trinajstić information content (AvgIpc) is 2.52. The van der Waals surface area contributed by atoms with Crippen molar-refractivity contribution in [2.45, 2.75) is 13.8 Å². The van der Waals surface area contributed by atoms with Crippen LogP contribution in [0.25, 0.3) is 0 Å². The third-order valence-electron chi connectivity index (χ3n) is 3.72. The van der Waals surface area contributed by atoms with Crippen LogP contribution in [0.2, 0.25) is 0 Å². The molecule has 2 amide bonds. The molecule has 24 heavy (non-hydrogen) atoms. The number of nitrogens with one attached hydrogen (secondary N) is 1. The van der Waals surface area contributed by atoms with Gasteiger partial charge in [-0.2, -0.15) is 0 Å². The molecule has 1 fully saturated rings. The standard InChI is InChI=1S/C16H22BrN3O3.ClH/c1-3-23-16(22)20-8-6-19(7-9-20)11-15(21)18-13-5-4-12(2)14(17)10-13;/h4-5,10H,3,6-9,11H2,1-2H3,(H,18,21);1H. The first kappa shape index (κ1) is 20.7. The van der Waals surface area contributed by atoms with E-state index in [1.165, 1.54) is 0 Å². The number of rotatable bonds is 4. The summed E-state index contributed by atoms with van der Waals surface area (Å²) in [6.07, 6.45) is -0.277. The summed E-state index contributed by atoms with van der Waals surface area (Å²) in [5, 5.41) is 2.90. The first-order valence-corrected chi connectivity index (χ1v) is 8.49. The van der Waals surface area contributed by atoms with Gasteiger partial charge in [-0.1, -0.05) is 22.0 Å². The Hall–Kier alpha value is -1.31. The second-order valence-corrected chi connectivity index (χ2v) is 6.33. The maximum atomic E-state index is 12.1. The highest BCUT2D eigenvalue weighted by Gasteiger charge is 2.23. The molecule has 1 saturated heterocycles. The second kappa shape index (κ2) is 9.86. The van der Waals surface area contributed by atoms with E-state index in [1.54, 1.807) is 11.8 Å². The molecule has 134 valence electrons. The van der Waals surface area contributed by atoms with Gasteiger partial charge in [0.1, 0.15) is 0 Å². The number of carbonyl (C=O) groups excluding carboxylic acids is 2. The van der Waals surface area contributed by atoms with Gasteiger partial charge in [-0.15, -0.1) is 12.4 Å². The number of aryl methyl sites for hydroxylation is 1. The lowest BCUT2D eigenvalue weighted by Crippen LogP contribution is -2.50. The van der Waals surface area contributed by atoms with Crippen LogP contribution in [0, 0.1) is 6.92 Å². The van der Waals surface area contributed by atoms with Crippen molar-refractivity contribution in [3.63, 3.8) is 0 Å². The third kappa shape index (κ3) is 5.96. The van der Waals surface area contributed by atoms with Crippen molar-refractivity contribution in [2.24, 2.45) is 0 Å². The number of benzene rings is 1. The molecular formula is C16H23BrClN3O3. The number of anilines is 1. The SMILES string of the molecule is CCOC(=O)N1CCN(CC(=O)Nc2ccc(C)c(Br)c2)CC1.Cl. The number of hydrogen-bond acceptors (Lipinski definition) is 4. The fourth-order valence-corrected chi connectivity index (χ4v) is 2.76. The van der Waals surface area contributed by atoms with Gasteiger partial charge in [0.25, 0.3) is 0 Å². The van der Waals surface area contributed by atoms with Crippen molar-refractivity contribution in [2.75, 3.05) is 44.6 Å². The zero-order valence-corrected chi connectivity index (χ0v) is 16.3. The third-order valence-corrected chi connectivity index (χ3v) is 4.58. The molecule has 0 atom stereocenters. The van der Waals surface area contributed by atoms with E-state index in [9.17, 15) is 9.59 Å². The summed E-state index contributed by atoms with van der Waals surface area (Å²) in [6, 6.07) is 5.74. The van der Waals surface area contributed by atoms with E-state index in [-0.39, 0.29) is 24.4 Å². The molecule has 2 rings (SSSR count). The number of nitrogens with zero attached hydrogens (tertiary/aromatic N) is 2. The van der Waals surface area contributed by atoms with E-state index in [0.29, 0.717) is 39.3 Å². The molecule has 0 aromatic heterocycles. The lowest BCUT2D eigenvalue weighted by molar-refractivity contribution is -0.117. The van der Waals surface area contributed by atoms with Gasteiger partial charge < -0.3 is 15.0 Å². The van der Waals surface area contributed by atoms with Crippen LogP contribution in [0.5, 0.6) is 0 Å². The predicted octanol–water partition coefficient (Wildman–Crippen LogP) is 2.89. The van der Waals surface area contributed by atoms with E-state index in [4.69, 9.17) is 4.74 Å². The van der Waals surface area contributed by atoms with Crippen LogP contribution in [-0.2, 0) is 9.53 Å². The van der Waals surface area contributed by atoms with Gasteiger partial charge in [-0.3, -0.25) is 9.69 Å². The monoisotopic (exact) mass is 419 g/mol. The van der Waals surface area contributed by atoms with Crippen LogP contribution in [0.1, 0.15) is 12.5 Å². The highest BCUT2D eigenvalue weighted by Crippen LogP contribution is 2.20. The highest BCUT2D eigenvalue weighted by molar-refractivity contribution is 9.10. The summed E-state index contributed by atoms with van der Waals surface area (Å²) < 4.78 is 5.95. The Bertz CT molecular complexity index is 578. The van der Waals surface area contributed by atoms with Gasteiger partial charge in [-0.05, 0) is 31.5 Å². The Morgan fingerprint density at radius 3 is 2.50 bits per heavy atom. The Balaban J connectivity index is 0.00000288. The number of ether oxygens (including phenoxy) is 1. The van der Waals surface area contributed by atoms with Crippen LogP contribution in [0.3, 0.4) is 0 Å². The van der Waals surface area contributed by atoms with E-state index in [1.807, 2.05) is 30.0 Å². The minimum absolute atomic E-state index is 0. The molecule has 0 unspecified atom stereocenters. The van der Waals surface area contributed by atoms with E-state index in [2.05, 4.69) is 21.2 Å². The number of carbonyl (C=O) groups is 2. The molecule has 1 aliphatic heterocycles. The molecule has 0 aliphatic carbocycles. The van der Waals surface area contributed by atoms with Crippen molar-refractivity contribution in [3.8, 4) is 0 Å². The fourth-order valence-electron chi connectivity index (χ4n) is 2.38. The summed E-state index contributed by atoms with van der Waals surface area (Å²) in [6.45, 7) is 7.01. The summed E-state index contributed by atoms with van der Waals surface area (Å²) in [5.74, 6) is -0.0506. The molecule has 0 bridgehead atoms. The Labute approximate surface area is 157 Å². The maximum absolute atomic E-state index is 12.1. The molecule has 6 nitrogen and oxygen atoms in total. The van der Waals surface area contributed by atoms with Gasteiger partial charge in [-0.25, -0.2) is 4.79 Å². The lowest BCUT2D eigenvalue weighted by atomic mass is 10.2. The molecule has 1 aliphatic rings. The molecule has 8 heteroatoms. The predicted molar refractivity (Wildman–Crippen MR) is 99.8 cm³/mol. The van der Waals surface area contributed by atoms with Gasteiger partial charge >= 0.3 is 6.09 Å². The van der Waals surface area contributed by atoms with Crippen LogP contribution >= 0.6 is 28.3 Å². The second-order valence-electron chi connectivity index (χ2n) is 5.47. The van der Waals surface area contributed by atoms with E-state index < -0.39 is 0 Å². The zero-order chi connectivity index (χ0) is 16.8. The summed E-state index contributed by atoms with van der Waals surface area (Å²) in [5.41, 5.74) is 1.90. The molecule has 1 N–H and O–H groups in total. The van der Waals surface area contributed by atoms with Crippen LogP contribution in [0.15, 0.2) is 22.7 Å². The van der Waals surface area contributed by atoms with Gasteiger partial charge in [0.05, 0.1) is 13.2 Å². The van der Waals surface area contributed by atoms with Crippen molar-refractivity contribution in [1.29, 1.82) is 0 Å². The summed E-state index contributed by atoms with van der Waals surface area (Å²) in [4.78, 5) is 27.5. The van der Waals surface area contributed by atoms with Crippen LogP contribution in [-0.4, -0.2) is 61.1 Å². The maximum Gasteiger partial charge on any atom is 0.409 e. The minimum Gasteiger partial charge on any atom is -0.450 e. The van der Waals surface area contributed by atoms with Crippen molar-refractivity contribution in [3.05, 3.63) is 28.2 Å². The summed E-state index contributed by atoms with van der Waals surface area (Å²) >= 11 is 3.46.